The molecule has 10 rings (SSSR count). The molecular formula is C105H141Cl7O26. The Morgan fingerprint density at radius 1 is 0.326 bits per heavy atom. The highest BCUT2D eigenvalue weighted by atomic mass is 35.5. The summed E-state index contributed by atoms with van der Waals surface area (Å²) in [5.74, 6) is -0.852. The summed E-state index contributed by atoms with van der Waals surface area (Å²) in [6.45, 7) is 3.38. The highest BCUT2D eigenvalue weighted by Gasteiger charge is 2.46. The number of hydrogen-bond acceptors (Lipinski definition) is 21. The highest BCUT2D eigenvalue weighted by molar-refractivity contribution is 6.31. The molecule has 5 aromatic rings. The van der Waals surface area contributed by atoms with E-state index in [0.29, 0.717) is 163 Å². The molecule has 5 fully saturated rings. The van der Waals surface area contributed by atoms with E-state index in [1.54, 1.807) is 36.4 Å². The van der Waals surface area contributed by atoms with E-state index in [4.69, 9.17) is 145 Å². The maximum atomic E-state index is 11.0. The topological polar surface area (TPSA) is 441 Å². The van der Waals surface area contributed by atoms with E-state index in [2.05, 4.69) is 0 Å². The van der Waals surface area contributed by atoms with Gasteiger partial charge < -0.3 is 99.9 Å². The average molecular weight is 2070 g/mol. The lowest BCUT2D eigenvalue weighted by Crippen LogP contribution is -2.27. The molecule has 0 aliphatic heterocycles. The number of para-hydroxylation sites is 1. The first-order valence-electron chi connectivity index (χ1n) is 47.7. The zero-order valence-corrected chi connectivity index (χ0v) is 83.7. The molecule has 0 bridgehead atoms. The fraction of sp³-hybridized carbons (Fsp3) is 0.562. The largest absolute Gasteiger partial charge is 0.493 e. The number of aliphatic carboxylic acids is 5. The number of ether oxygens (including phenoxy) is 6. The molecule has 26 nitrogen and oxygen atoms in total. The van der Waals surface area contributed by atoms with Crippen molar-refractivity contribution >= 4 is 117 Å². The Hall–Kier alpha value is -7.71. The van der Waals surface area contributed by atoms with Gasteiger partial charge in [0.1, 0.15) is 35.4 Å². The summed E-state index contributed by atoms with van der Waals surface area (Å²) in [5, 5.41) is 132. The summed E-state index contributed by atoms with van der Waals surface area (Å²) < 4.78 is 34.5. The number of unbranched alkanes of at least 4 members (excludes halogenated alkanes) is 5. The number of rotatable bonds is 54. The van der Waals surface area contributed by atoms with E-state index < -0.39 is 60.4 Å². The first-order valence-corrected chi connectivity index (χ1v) is 50.6. The van der Waals surface area contributed by atoms with Gasteiger partial charge in [-0.3, -0.25) is 28.8 Å². The predicted octanol–water partition coefficient (Wildman–Crippen LogP) is 18.8. The zero-order chi connectivity index (χ0) is 101. The summed E-state index contributed by atoms with van der Waals surface area (Å²) in [5.41, 5.74) is 4.40. The third-order valence-corrected chi connectivity index (χ3v) is 28.2. The quantitative estimate of drug-likeness (QED) is 0.00744. The van der Waals surface area contributed by atoms with Gasteiger partial charge in [-0.25, -0.2) is 0 Å². The molecule has 5 aromatic carbocycles. The predicted molar refractivity (Wildman–Crippen MR) is 536 cm³/mol. The van der Waals surface area contributed by atoms with Crippen molar-refractivity contribution in [1.29, 1.82) is 0 Å². The van der Waals surface area contributed by atoms with Crippen molar-refractivity contribution < 1.29 is 129 Å². The molecule has 0 unspecified atom stereocenters. The lowest BCUT2D eigenvalue weighted by atomic mass is 9.92. The molecule has 0 spiro atoms. The van der Waals surface area contributed by atoms with Crippen molar-refractivity contribution in [3.05, 3.63) is 208 Å². The van der Waals surface area contributed by atoms with Gasteiger partial charge in [0.15, 0.2) is 0 Å². The van der Waals surface area contributed by atoms with Crippen molar-refractivity contribution in [3.63, 3.8) is 0 Å². The van der Waals surface area contributed by atoms with Crippen LogP contribution >= 0.6 is 81.2 Å². The number of alkyl halides is 5. The van der Waals surface area contributed by atoms with Crippen LogP contribution in [0.5, 0.6) is 28.7 Å². The van der Waals surface area contributed by atoms with Gasteiger partial charge in [-0.05, 0) is 272 Å². The Morgan fingerprint density at radius 3 is 0.978 bits per heavy atom. The lowest BCUT2D eigenvalue weighted by Gasteiger charge is -2.23. The number of hydrogen-bond donors (Lipinski definition) is 14. The standard InChI is InChI=1S/C22H28Cl2O6.3C21H29ClO5.C20H26Cl2O5/c1-14(25)29-12-15-8-16(23)10-17(9-15)30-13-19-18(20(24)11-21(19)26)6-4-2-3-5-7-22(27)28;22-18-13-19(24)17(16(18)8-3-1-2-4-10-21(25)26)14-27-20-9-6-5-7-15(20)11-12-23;22-19-13-20(24)18(17(19)8-3-1-2-4-9-21(25)26)14-27-16-7-5-6-15(12-16)10-11-23;22-19-13-20(24)18(17(19)5-3-1-2-4-6-21(25)26)14-27-16-9-7-15(8-10-16)11-12-23;21-14-7-13(11-23)8-15(9-14)27-12-17-16(18(22)10-19(17)24)5-3-1-2-4-6-20(25)26/h2,4,8-10,18-21,26H,3,5-7,11-13H2,1H3,(H,27,28);1,3,5-7,9,16-19,23-24H,2,4,8,10-14H2,(H,25,26);1,3,5-7,12,17-20,23-24H,2,4,8-11,13-14H2,(H,25,26);1,3,7-10,17-20,23-24H,2,4-6,11-14H2,(H,25,26);1,3,7-9,16-19,23-24H,2,4-6,10-12H2,(H,25,26)/b4-2-;4*3-1-/t18-,19-,20-,21-;16-,17-,18-,19-;2*17-,18-,19-,20-;16-,17-,18-,19-/m11111/s1. The number of carbonyl (C=O) groups excluding carboxylic acids is 1. The van der Waals surface area contributed by atoms with Gasteiger partial charge in [0.25, 0.3) is 0 Å². The minimum absolute atomic E-state index is 0.0340. The molecule has 14 N–H and O–H groups in total. The fourth-order valence-electron chi connectivity index (χ4n) is 17.7. The van der Waals surface area contributed by atoms with Crippen LogP contribution in [0.15, 0.2) is 170 Å². The van der Waals surface area contributed by atoms with E-state index in [-0.39, 0.29) is 164 Å². The molecule has 5 saturated carbocycles. The molecule has 0 aromatic heterocycles. The monoisotopic (exact) mass is 2060 g/mol. The SMILES string of the molecule is CC(=O)OCc1cc(Cl)cc(OC[C@@H]2[C@@H](C/C=C\CCCC(=O)O)[C@H](Cl)C[C@H]2O)c1.O=C(O)CCC/C=C\C[C@@H]1[C@@H](COc2cc(Cl)cc(CO)c2)[C@H](O)C[C@H]1Cl.O=C(O)CCC/C=C\C[C@@H]1[C@@H](COc2ccc(CCO)cc2)[C@H](O)C[C@H]1Cl.O=C(O)CCC/C=C\C[C@@H]1[C@@H](COc2cccc(CCO)c2)[C@H](O)C[C@H]1Cl.O=C(O)CCC/C=C\C[C@@H]1[C@@H](COc2ccccc2CCO)[C@H](O)C[C@H]1Cl. The molecule has 138 heavy (non-hydrogen) atoms. The van der Waals surface area contributed by atoms with Gasteiger partial charge in [0, 0.05) is 125 Å². The van der Waals surface area contributed by atoms with Gasteiger partial charge >= 0.3 is 35.8 Å². The van der Waals surface area contributed by atoms with Crippen LogP contribution in [0.1, 0.15) is 195 Å². The van der Waals surface area contributed by atoms with Crippen LogP contribution in [-0.2, 0) is 66.0 Å². The van der Waals surface area contributed by atoms with Crippen LogP contribution in [0.4, 0.5) is 0 Å². The smallest absolute Gasteiger partial charge is 0.303 e. The van der Waals surface area contributed by atoms with Gasteiger partial charge in [-0.2, -0.15) is 0 Å². The molecule has 5 aliphatic rings. The zero-order valence-electron chi connectivity index (χ0n) is 78.4. The van der Waals surface area contributed by atoms with E-state index in [1.807, 2.05) is 134 Å². The Morgan fingerprint density at radius 2 is 0.638 bits per heavy atom. The first kappa shape index (κ1) is 119. The number of halogens is 7. The number of carboxylic acids is 5. The summed E-state index contributed by atoms with van der Waals surface area (Å²) in [7, 11) is 0. The van der Waals surface area contributed by atoms with Crippen LogP contribution in [0.3, 0.4) is 0 Å². The van der Waals surface area contributed by atoms with E-state index in [9.17, 15) is 64.5 Å². The minimum atomic E-state index is -0.794. The molecule has 766 valence electrons. The number of benzene rings is 5. The molecular weight excluding hydrogens is 1930 g/mol. The number of allylic oxidation sites excluding steroid dienone is 10. The normalized spacial score (nSPS) is 24.8. The minimum Gasteiger partial charge on any atom is -0.493 e. The number of esters is 1. The molecule has 0 heterocycles. The van der Waals surface area contributed by atoms with Crippen LogP contribution in [-0.4, -0.2) is 218 Å². The molecule has 5 aliphatic carbocycles. The molecule has 0 radical (unpaired) electrons. The maximum absolute atomic E-state index is 11.0. The van der Waals surface area contributed by atoms with Crippen molar-refractivity contribution in [2.45, 2.75) is 257 Å². The Bertz CT molecular complexity index is 4540. The second kappa shape index (κ2) is 66.9. The maximum Gasteiger partial charge on any atom is 0.303 e. The van der Waals surface area contributed by atoms with Crippen molar-refractivity contribution in [1.82, 2.24) is 0 Å². The third-order valence-electron chi connectivity index (χ3n) is 25.2. The van der Waals surface area contributed by atoms with Gasteiger partial charge in [-0.15, -0.1) is 58.0 Å². The number of carbonyl (C=O) groups is 6. The van der Waals surface area contributed by atoms with Gasteiger partial charge in [-0.1, -0.05) is 126 Å². The van der Waals surface area contributed by atoms with E-state index in [1.165, 1.54) is 6.92 Å². The first-order chi connectivity index (χ1) is 66.2. The van der Waals surface area contributed by atoms with Crippen molar-refractivity contribution in [3.8, 4) is 28.7 Å². The molecule has 33 heteroatoms. The number of aliphatic hydroxyl groups excluding tert-OH is 9. The summed E-state index contributed by atoms with van der Waals surface area (Å²) in [6, 6.07) is 33.1. The summed E-state index contributed by atoms with van der Waals surface area (Å²) >= 11 is 44.4. The number of aliphatic hydroxyl groups is 9. The van der Waals surface area contributed by atoms with E-state index in [0.717, 1.165) is 78.0 Å². The Labute approximate surface area is 845 Å². The van der Waals surface area contributed by atoms with Crippen molar-refractivity contribution in [2.24, 2.45) is 59.2 Å². The highest BCUT2D eigenvalue weighted by Crippen LogP contribution is 2.45. The van der Waals surface area contributed by atoms with Crippen LogP contribution < -0.4 is 23.7 Å². The lowest BCUT2D eigenvalue weighted by molar-refractivity contribution is -0.142. The summed E-state index contributed by atoms with van der Waals surface area (Å²) in [4.78, 5) is 63.6. The molecule has 0 amide bonds. The summed E-state index contributed by atoms with van der Waals surface area (Å²) in [6.07, 6.45) is 33.1. The van der Waals surface area contributed by atoms with Crippen LogP contribution in [0, 0.1) is 59.2 Å². The van der Waals surface area contributed by atoms with Crippen LogP contribution in [0.25, 0.3) is 0 Å². The molecule has 0 saturated heterocycles. The number of carboxylic acid groups (broad SMARTS) is 5. The second-order valence-corrected chi connectivity index (χ2v) is 39.3. The van der Waals surface area contributed by atoms with Gasteiger partial charge in [0.05, 0.1) is 70.2 Å². The van der Waals surface area contributed by atoms with E-state index >= 15 is 0 Å². The van der Waals surface area contributed by atoms with Crippen molar-refractivity contribution in [2.75, 3.05) is 52.9 Å². The Kier molecular flexibility index (Phi) is 57.7. The fourth-order valence-corrected chi connectivity index (χ4v) is 20.5. The van der Waals surface area contributed by atoms with Gasteiger partial charge in [0.2, 0.25) is 0 Å². The average Bonchev–Trinajstić information content (AvgIpc) is 1.70. The second-order valence-electron chi connectivity index (χ2n) is 35.6. The third kappa shape index (κ3) is 45.7. The molecule has 20 atom stereocenters. The van der Waals surface area contributed by atoms with Crippen LogP contribution in [0.2, 0.25) is 10.0 Å². The Balaban J connectivity index is 0.000000265.